The number of fused-ring (bicyclic) bond motifs is 1. The van der Waals surface area contributed by atoms with E-state index in [2.05, 4.69) is 9.97 Å². The van der Waals surface area contributed by atoms with Crippen LogP contribution in [-0.4, -0.2) is 22.2 Å². The molecule has 0 amide bonds. The molecule has 0 atom stereocenters. The van der Waals surface area contributed by atoms with Crippen molar-refractivity contribution in [3.8, 4) is 22.9 Å². The Morgan fingerprint density at radius 1 is 1.20 bits per heavy atom. The molecule has 1 aromatic heterocycles. The molecule has 0 saturated heterocycles. The third kappa shape index (κ3) is 2.09. The number of phenols is 1. The third-order valence-electron chi connectivity index (χ3n) is 3.03. The Kier molecular flexibility index (Phi) is 2.87. The highest BCUT2D eigenvalue weighted by molar-refractivity contribution is 5.80. The van der Waals surface area contributed by atoms with E-state index in [9.17, 15) is 9.90 Å². The van der Waals surface area contributed by atoms with Crippen molar-refractivity contribution in [1.82, 2.24) is 9.97 Å². The zero-order chi connectivity index (χ0) is 14.1. The van der Waals surface area contributed by atoms with Crippen LogP contribution in [0.1, 0.15) is 0 Å². The molecule has 2 N–H and O–H groups in total. The van der Waals surface area contributed by atoms with Gasteiger partial charge in [0.25, 0.3) is 5.56 Å². The van der Waals surface area contributed by atoms with Crippen LogP contribution in [0.2, 0.25) is 0 Å². The molecule has 100 valence electrons. The molecule has 3 rings (SSSR count). The highest BCUT2D eigenvalue weighted by atomic mass is 16.5. The molecule has 0 unspecified atom stereocenters. The van der Waals surface area contributed by atoms with Crippen molar-refractivity contribution in [2.75, 3.05) is 7.11 Å². The maximum Gasteiger partial charge on any atom is 0.259 e. The van der Waals surface area contributed by atoms with E-state index < -0.39 is 0 Å². The summed E-state index contributed by atoms with van der Waals surface area (Å²) in [4.78, 5) is 19.2. The fourth-order valence-electron chi connectivity index (χ4n) is 2.03. The van der Waals surface area contributed by atoms with Crippen LogP contribution in [0.25, 0.3) is 22.3 Å². The van der Waals surface area contributed by atoms with Crippen molar-refractivity contribution < 1.29 is 9.84 Å². The van der Waals surface area contributed by atoms with E-state index in [0.29, 0.717) is 22.5 Å². The van der Waals surface area contributed by atoms with Crippen molar-refractivity contribution in [2.24, 2.45) is 0 Å². The summed E-state index contributed by atoms with van der Waals surface area (Å²) in [7, 11) is 1.58. The van der Waals surface area contributed by atoms with Gasteiger partial charge in [0.15, 0.2) is 0 Å². The topological polar surface area (TPSA) is 75.2 Å². The summed E-state index contributed by atoms with van der Waals surface area (Å²) in [6.45, 7) is 0. The summed E-state index contributed by atoms with van der Waals surface area (Å²) in [6.07, 6.45) is 0. The SMILES string of the molecule is COc1cccc(-c2nc3ccc(O)cc3c(=O)[nH]2)c1. The second-order valence-corrected chi connectivity index (χ2v) is 4.35. The molecule has 0 spiro atoms. The molecular weight excluding hydrogens is 256 g/mol. The second kappa shape index (κ2) is 4.70. The zero-order valence-corrected chi connectivity index (χ0v) is 10.8. The number of aromatic amines is 1. The maximum atomic E-state index is 12.0. The molecule has 0 aliphatic carbocycles. The van der Waals surface area contributed by atoms with Crippen molar-refractivity contribution >= 4 is 10.9 Å². The highest BCUT2D eigenvalue weighted by Crippen LogP contribution is 2.22. The number of hydrogen-bond acceptors (Lipinski definition) is 4. The molecule has 0 fully saturated rings. The summed E-state index contributed by atoms with van der Waals surface area (Å²) in [5, 5.41) is 9.77. The Morgan fingerprint density at radius 2 is 2.05 bits per heavy atom. The lowest BCUT2D eigenvalue weighted by Crippen LogP contribution is -2.09. The Labute approximate surface area is 114 Å². The van der Waals surface area contributed by atoms with E-state index >= 15 is 0 Å². The number of benzene rings is 2. The molecule has 1 heterocycles. The molecule has 0 saturated carbocycles. The molecule has 0 aliphatic rings. The van der Waals surface area contributed by atoms with Gasteiger partial charge in [0.2, 0.25) is 0 Å². The summed E-state index contributed by atoms with van der Waals surface area (Å²) in [5.74, 6) is 1.20. The predicted octanol–water partition coefficient (Wildman–Crippen LogP) is 2.30. The standard InChI is InChI=1S/C15H12N2O3/c1-20-11-4-2-3-9(7-11)14-16-13-6-5-10(18)8-12(13)15(19)17-14/h2-8,18H,1H3,(H,16,17,19). The summed E-state index contributed by atoms with van der Waals surface area (Å²) >= 11 is 0. The number of aromatic hydroxyl groups is 1. The first kappa shape index (κ1) is 12.2. The predicted molar refractivity (Wildman–Crippen MR) is 76.0 cm³/mol. The van der Waals surface area contributed by atoms with Crippen LogP contribution in [0, 0.1) is 0 Å². The van der Waals surface area contributed by atoms with E-state index in [0.717, 1.165) is 5.56 Å². The average Bonchev–Trinajstić information content (AvgIpc) is 2.48. The van der Waals surface area contributed by atoms with Crippen LogP contribution in [0.4, 0.5) is 0 Å². The fourth-order valence-corrected chi connectivity index (χ4v) is 2.03. The molecular formula is C15H12N2O3. The monoisotopic (exact) mass is 268 g/mol. The van der Waals surface area contributed by atoms with Crippen LogP contribution in [0.3, 0.4) is 0 Å². The van der Waals surface area contributed by atoms with Crippen molar-refractivity contribution in [3.63, 3.8) is 0 Å². The van der Waals surface area contributed by atoms with Crippen LogP contribution in [0.15, 0.2) is 47.3 Å². The smallest absolute Gasteiger partial charge is 0.259 e. The molecule has 5 heteroatoms. The van der Waals surface area contributed by atoms with E-state index in [-0.39, 0.29) is 11.3 Å². The molecule has 0 radical (unpaired) electrons. The van der Waals surface area contributed by atoms with Gasteiger partial charge >= 0.3 is 0 Å². The normalized spacial score (nSPS) is 10.7. The number of nitrogens with zero attached hydrogens (tertiary/aromatic N) is 1. The van der Waals surface area contributed by atoms with E-state index in [4.69, 9.17) is 4.74 Å². The molecule has 2 aromatic carbocycles. The summed E-state index contributed by atoms with van der Waals surface area (Å²) < 4.78 is 5.16. The first-order valence-electron chi connectivity index (χ1n) is 6.05. The summed E-state index contributed by atoms with van der Waals surface area (Å²) in [6, 6.07) is 11.8. The van der Waals surface area contributed by atoms with Crippen LogP contribution in [-0.2, 0) is 0 Å². The Hall–Kier alpha value is -2.82. The quantitative estimate of drug-likeness (QED) is 0.747. The van der Waals surface area contributed by atoms with Gasteiger partial charge in [0, 0.05) is 5.56 Å². The van der Waals surface area contributed by atoms with Crippen molar-refractivity contribution in [1.29, 1.82) is 0 Å². The first-order chi connectivity index (χ1) is 9.67. The largest absolute Gasteiger partial charge is 0.508 e. The molecule has 0 bridgehead atoms. The first-order valence-corrected chi connectivity index (χ1v) is 6.05. The van der Waals surface area contributed by atoms with Gasteiger partial charge < -0.3 is 14.8 Å². The average molecular weight is 268 g/mol. The number of ether oxygens (including phenoxy) is 1. The Balaban J connectivity index is 2.22. The number of H-pyrrole nitrogens is 1. The van der Waals surface area contributed by atoms with Gasteiger partial charge in [0.1, 0.15) is 17.3 Å². The highest BCUT2D eigenvalue weighted by Gasteiger charge is 2.07. The number of nitrogens with one attached hydrogen (secondary N) is 1. The van der Waals surface area contributed by atoms with E-state index in [1.54, 1.807) is 19.2 Å². The minimum absolute atomic E-state index is 0.0407. The van der Waals surface area contributed by atoms with Crippen molar-refractivity contribution in [3.05, 3.63) is 52.8 Å². The minimum Gasteiger partial charge on any atom is -0.508 e. The van der Waals surface area contributed by atoms with Gasteiger partial charge in [-0.3, -0.25) is 4.79 Å². The van der Waals surface area contributed by atoms with E-state index in [1.165, 1.54) is 12.1 Å². The lowest BCUT2D eigenvalue weighted by Gasteiger charge is -2.05. The van der Waals surface area contributed by atoms with Gasteiger partial charge in [-0.05, 0) is 30.3 Å². The van der Waals surface area contributed by atoms with Crippen LogP contribution >= 0.6 is 0 Å². The number of methoxy groups -OCH3 is 1. The summed E-state index contributed by atoms with van der Waals surface area (Å²) in [5.41, 5.74) is 1.00. The minimum atomic E-state index is -0.288. The van der Waals surface area contributed by atoms with Gasteiger partial charge in [-0.25, -0.2) is 4.98 Å². The van der Waals surface area contributed by atoms with Gasteiger partial charge in [-0.2, -0.15) is 0 Å². The van der Waals surface area contributed by atoms with Gasteiger partial charge in [0.05, 0.1) is 18.0 Å². The third-order valence-corrected chi connectivity index (χ3v) is 3.03. The number of aromatic nitrogens is 2. The molecule has 3 aromatic rings. The second-order valence-electron chi connectivity index (χ2n) is 4.35. The maximum absolute atomic E-state index is 12.0. The Bertz CT molecular complexity index is 840. The van der Waals surface area contributed by atoms with E-state index in [1.807, 2.05) is 18.2 Å². The fraction of sp³-hybridized carbons (Fsp3) is 0.0667. The molecule has 20 heavy (non-hydrogen) atoms. The van der Waals surface area contributed by atoms with Gasteiger partial charge in [-0.15, -0.1) is 0 Å². The lowest BCUT2D eigenvalue weighted by atomic mass is 10.2. The van der Waals surface area contributed by atoms with Crippen LogP contribution in [0.5, 0.6) is 11.5 Å². The lowest BCUT2D eigenvalue weighted by molar-refractivity contribution is 0.415. The van der Waals surface area contributed by atoms with Gasteiger partial charge in [-0.1, -0.05) is 12.1 Å². The molecule has 5 nitrogen and oxygen atoms in total. The van der Waals surface area contributed by atoms with Crippen molar-refractivity contribution in [2.45, 2.75) is 0 Å². The number of hydrogen-bond donors (Lipinski definition) is 2. The van der Waals surface area contributed by atoms with Crippen LogP contribution < -0.4 is 10.3 Å². The number of phenolic OH excluding ortho intramolecular Hbond substituents is 1. The zero-order valence-electron chi connectivity index (χ0n) is 10.8. The Morgan fingerprint density at radius 3 is 2.85 bits per heavy atom. The number of rotatable bonds is 2. The molecule has 0 aliphatic heterocycles.